The molecule has 2 aromatic rings. The highest BCUT2D eigenvalue weighted by Crippen LogP contribution is 2.37. The summed E-state index contributed by atoms with van der Waals surface area (Å²) < 4.78 is 40.9. The summed E-state index contributed by atoms with van der Waals surface area (Å²) in [5.74, 6) is -0.655. The molecular formula is C16H17F3N2OS. The summed E-state index contributed by atoms with van der Waals surface area (Å²) in [5.41, 5.74) is 2.01. The second-order valence-electron chi connectivity index (χ2n) is 5.40. The van der Waals surface area contributed by atoms with Gasteiger partial charge in [0.25, 0.3) is 0 Å². The topological polar surface area (TPSA) is 34.9 Å². The number of aryl methyl sites for hydroxylation is 3. The second kappa shape index (κ2) is 6.78. The van der Waals surface area contributed by atoms with Crippen molar-refractivity contribution in [2.24, 2.45) is 0 Å². The number of rotatable bonds is 4. The number of aromatic nitrogens is 2. The number of halogens is 3. The van der Waals surface area contributed by atoms with Crippen LogP contribution < -0.4 is 0 Å². The van der Waals surface area contributed by atoms with Crippen molar-refractivity contribution < 1.29 is 18.0 Å². The van der Waals surface area contributed by atoms with E-state index in [1.165, 1.54) is 0 Å². The molecule has 23 heavy (non-hydrogen) atoms. The highest BCUT2D eigenvalue weighted by molar-refractivity contribution is 8.00. The number of carbonyl (C=O) groups excluding carboxylic acids is 1. The van der Waals surface area contributed by atoms with E-state index >= 15 is 0 Å². The quantitative estimate of drug-likeness (QED) is 0.764. The van der Waals surface area contributed by atoms with Crippen molar-refractivity contribution in [2.75, 3.05) is 0 Å². The van der Waals surface area contributed by atoms with Crippen molar-refractivity contribution >= 4 is 17.7 Å². The van der Waals surface area contributed by atoms with Crippen molar-refractivity contribution in [1.29, 1.82) is 0 Å². The minimum Gasteiger partial charge on any atom is -0.273 e. The average Bonchev–Trinajstić information content (AvgIpc) is 2.76. The van der Waals surface area contributed by atoms with Crippen molar-refractivity contribution in [3.63, 3.8) is 0 Å². The van der Waals surface area contributed by atoms with Crippen LogP contribution in [0.1, 0.15) is 28.2 Å². The van der Waals surface area contributed by atoms with Crippen LogP contribution in [0.5, 0.6) is 0 Å². The summed E-state index contributed by atoms with van der Waals surface area (Å²) in [5, 5.41) is 2.15. The molecule has 0 N–H and O–H groups in total. The number of nitrogens with zero attached hydrogens (tertiary/aromatic N) is 2. The zero-order chi connectivity index (χ0) is 17.2. The van der Waals surface area contributed by atoms with Crippen LogP contribution >= 0.6 is 11.8 Å². The van der Waals surface area contributed by atoms with E-state index in [9.17, 15) is 18.0 Å². The molecular weight excluding hydrogens is 325 g/mol. The van der Waals surface area contributed by atoms with Crippen LogP contribution in [0.2, 0.25) is 0 Å². The van der Waals surface area contributed by atoms with Gasteiger partial charge >= 0.3 is 6.18 Å². The van der Waals surface area contributed by atoms with Gasteiger partial charge in [0.1, 0.15) is 5.25 Å². The minimum absolute atomic E-state index is 0.494. The van der Waals surface area contributed by atoms with Gasteiger partial charge in [-0.3, -0.25) is 4.79 Å². The van der Waals surface area contributed by atoms with E-state index in [0.29, 0.717) is 28.0 Å². The maximum absolute atomic E-state index is 13.3. The molecule has 0 saturated heterocycles. The lowest BCUT2D eigenvalue weighted by Gasteiger charge is -2.19. The Morgan fingerprint density at radius 2 is 1.96 bits per heavy atom. The van der Waals surface area contributed by atoms with Gasteiger partial charge in [0.2, 0.25) is 5.91 Å². The molecule has 3 nitrogen and oxygen atoms in total. The maximum atomic E-state index is 13.3. The maximum Gasteiger partial charge on any atom is 0.401 e. The van der Waals surface area contributed by atoms with E-state index in [0.717, 1.165) is 10.2 Å². The number of benzene rings is 1. The molecule has 2 rings (SSSR count). The molecule has 124 valence electrons. The molecule has 0 radical (unpaired) electrons. The predicted octanol–water partition coefficient (Wildman–Crippen LogP) is 4.56. The Morgan fingerprint density at radius 1 is 1.26 bits per heavy atom. The number of hydrogen-bond donors (Lipinski definition) is 0. The number of hydrogen-bond acceptors (Lipinski definition) is 3. The van der Waals surface area contributed by atoms with Crippen LogP contribution in [0.4, 0.5) is 13.2 Å². The van der Waals surface area contributed by atoms with Crippen LogP contribution in [-0.4, -0.2) is 27.1 Å². The van der Waals surface area contributed by atoms with Gasteiger partial charge in [0.05, 0.1) is 5.69 Å². The summed E-state index contributed by atoms with van der Waals surface area (Å²) in [4.78, 5) is 12.7. The van der Waals surface area contributed by atoms with E-state index in [-0.39, 0.29) is 0 Å². The summed E-state index contributed by atoms with van der Waals surface area (Å²) in [6, 6.07) is 8.47. The van der Waals surface area contributed by atoms with E-state index in [1.54, 1.807) is 38.1 Å². The molecule has 0 saturated carbocycles. The number of thioether (sulfide) groups is 1. The van der Waals surface area contributed by atoms with E-state index in [2.05, 4.69) is 5.10 Å². The fourth-order valence-electron chi connectivity index (χ4n) is 2.20. The lowest BCUT2D eigenvalue weighted by Crippen LogP contribution is -2.30. The SMILES string of the molecule is Cc1cccc(S[C@H](CC(=O)n2nc(C)cc2C)C(F)(F)F)c1. The van der Waals surface area contributed by atoms with Crippen LogP contribution in [0.3, 0.4) is 0 Å². The van der Waals surface area contributed by atoms with Gasteiger partial charge in [-0.05, 0) is 39.0 Å². The zero-order valence-corrected chi connectivity index (χ0v) is 13.8. The molecule has 0 aliphatic heterocycles. The Hall–Kier alpha value is -1.76. The molecule has 0 unspecified atom stereocenters. The fourth-order valence-corrected chi connectivity index (χ4v) is 3.30. The molecule has 0 aliphatic rings. The standard InChI is InChI=1S/C16H17F3N2OS/c1-10-5-4-6-13(7-10)23-14(16(17,18)19)9-15(22)21-12(3)8-11(2)20-21/h4-8,14H,9H2,1-3H3/t14-/m1/s1. The summed E-state index contributed by atoms with van der Waals surface area (Å²) in [6.45, 7) is 5.15. The molecule has 1 aromatic carbocycles. The molecule has 1 aromatic heterocycles. The fraction of sp³-hybridized carbons (Fsp3) is 0.375. The smallest absolute Gasteiger partial charge is 0.273 e. The first-order chi connectivity index (χ1) is 10.7. The Morgan fingerprint density at radius 3 is 2.48 bits per heavy atom. The molecule has 0 fully saturated rings. The monoisotopic (exact) mass is 342 g/mol. The van der Waals surface area contributed by atoms with Gasteiger partial charge in [-0.1, -0.05) is 17.7 Å². The molecule has 1 atom stereocenters. The first-order valence-corrected chi connectivity index (χ1v) is 7.91. The van der Waals surface area contributed by atoms with Gasteiger partial charge in [0, 0.05) is 17.0 Å². The van der Waals surface area contributed by atoms with Crippen LogP contribution in [0.15, 0.2) is 35.2 Å². The Balaban J connectivity index is 2.19. The third-order valence-electron chi connectivity index (χ3n) is 3.24. The molecule has 0 bridgehead atoms. The summed E-state index contributed by atoms with van der Waals surface area (Å²) >= 11 is 0.659. The van der Waals surface area contributed by atoms with Gasteiger partial charge in [0.15, 0.2) is 0 Å². The van der Waals surface area contributed by atoms with Gasteiger partial charge in [-0.15, -0.1) is 11.8 Å². The number of carbonyl (C=O) groups is 1. The van der Waals surface area contributed by atoms with Crippen molar-refractivity contribution in [3.8, 4) is 0 Å². The van der Waals surface area contributed by atoms with Gasteiger partial charge in [-0.25, -0.2) is 4.68 Å². The Labute approximate surface area is 136 Å². The first-order valence-electron chi connectivity index (χ1n) is 7.03. The highest BCUT2D eigenvalue weighted by Gasteiger charge is 2.42. The summed E-state index contributed by atoms with van der Waals surface area (Å²) in [6.07, 6.45) is -5.12. The molecule has 1 heterocycles. The lowest BCUT2D eigenvalue weighted by molar-refractivity contribution is -0.128. The first kappa shape index (κ1) is 17.6. The highest BCUT2D eigenvalue weighted by atomic mass is 32.2. The average molecular weight is 342 g/mol. The Kier molecular flexibility index (Phi) is 5.19. The Bertz CT molecular complexity index is 710. The minimum atomic E-state index is -4.47. The van der Waals surface area contributed by atoms with Crippen molar-refractivity contribution in [2.45, 2.75) is 43.5 Å². The van der Waals surface area contributed by atoms with Crippen molar-refractivity contribution in [3.05, 3.63) is 47.3 Å². The van der Waals surface area contributed by atoms with E-state index < -0.39 is 23.8 Å². The van der Waals surface area contributed by atoms with Gasteiger partial charge < -0.3 is 0 Å². The lowest BCUT2D eigenvalue weighted by atomic mass is 10.2. The molecule has 0 spiro atoms. The number of alkyl halides is 3. The van der Waals surface area contributed by atoms with E-state index in [1.807, 2.05) is 13.0 Å². The predicted molar refractivity (Wildman–Crippen MR) is 83.8 cm³/mol. The van der Waals surface area contributed by atoms with E-state index in [4.69, 9.17) is 0 Å². The zero-order valence-electron chi connectivity index (χ0n) is 13.0. The van der Waals surface area contributed by atoms with Gasteiger partial charge in [-0.2, -0.15) is 18.3 Å². The molecule has 7 heteroatoms. The van der Waals surface area contributed by atoms with Crippen LogP contribution in [0, 0.1) is 20.8 Å². The normalized spacial score (nSPS) is 13.1. The third-order valence-corrected chi connectivity index (χ3v) is 4.48. The third kappa shape index (κ3) is 4.60. The van der Waals surface area contributed by atoms with Crippen molar-refractivity contribution in [1.82, 2.24) is 9.78 Å². The molecule has 0 aliphatic carbocycles. The van der Waals surface area contributed by atoms with Crippen LogP contribution in [0.25, 0.3) is 0 Å². The molecule has 0 amide bonds. The second-order valence-corrected chi connectivity index (χ2v) is 6.68. The van der Waals surface area contributed by atoms with Crippen LogP contribution in [-0.2, 0) is 0 Å². The largest absolute Gasteiger partial charge is 0.401 e. The summed E-state index contributed by atoms with van der Waals surface area (Å²) in [7, 11) is 0.